The van der Waals surface area contributed by atoms with Gasteiger partial charge in [0.15, 0.2) is 11.5 Å². The van der Waals surface area contributed by atoms with Crippen molar-refractivity contribution in [1.29, 1.82) is 0 Å². The van der Waals surface area contributed by atoms with Gasteiger partial charge in [-0.3, -0.25) is 0 Å². The Kier molecular flexibility index (Phi) is 7.16. The molecule has 0 aliphatic rings. The van der Waals surface area contributed by atoms with Crippen molar-refractivity contribution in [2.45, 2.75) is 26.6 Å². The zero-order valence-electron chi connectivity index (χ0n) is 16.8. The molecule has 0 unspecified atom stereocenters. The molecule has 0 fully saturated rings. The van der Waals surface area contributed by atoms with E-state index in [2.05, 4.69) is 5.32 Å². The fourth-order valence-corrected chi connectivity index (χ4v) is 2.94. The number of amides is 2. The number of ether oxygens (including phenoxy) is 2. The number of nitrogens with one attached hydrogen (secondary N) is 1. The number of carbonyl (C=O) groups is 1. The number of urea groups is 1. The van der Waals surface area contributed by atoms with E-state index in [1.165, 1.54) is 0 Å². The van der Waals surface area contributed by atoms with Crippen LogP contribution in [-0.2, 0) is 19.7 Å². The van der Waals surface area contributed by atoms with Gasteiger partial charge in [-0.15, -0.1) is 0 Å². The van der Waals surface area contributed by atoms with Gasteiger partial charge >= 0.3 is 6.03 Å². The Labute approximate surface area is 171 Å². The Morgan fingerprint density at radius 1 is 1.00 bits per heavy atom. The number of furan rings is 1. The van der Waals surface area contributed by atoms with Gasteiger partial charge in [0.1, 0.15) is 12.4 Å². The highest BCUT2D eigenvalue weighted by Gasteiger charge is 2.16. The molecule has 3 rings (SSSR count). The van der Waals surface area contributed by atoms with Crippen LogP contribution in [0.3, 0.4) is 0 Å². The maximum absolute atomic E-state index is 12.5. The van der Waals surface area contributed by atoms with Crippen molar-refractivity contribution < 1.29 is 18.7 Å². The SMILES string of the molecule is CCNC(=O)N(Cc1ccc(OCc2ccccc2)c(OC)c1)Cc1ccco1. The summed E-state index contributed by atoms with van der Waals surface area (Å²) in [5, 5.41) is 2.85. The second-order valence-corrected chi connectivity index (χ2v) is 6.53. The Morgan fingerprint density at radius 2 is 1.83 bits per heavy atom. The van der Waals surface area contributed by atoms with Gasteiger partial charge in [0, 0.05) is 13.1 Å². The summed E-state index contributed by atoms with van der Waals surface area (Å²) in [6.07, 6.45) is 1.60. The first-order chi connectivity index (χ1) is 14.2. The van der Waals surface area contributed by atoms with Gasteiger partial charge in [0.2, 0.25) is 0 Å². The lowest BCUT2D eigenvalue weighted by Gasteiger charge is -2.22. The van der Waals surface area contributed by atoms with Gasteiger partial charge < -0.3 is 24.1 Å². The molecule has 0 radical (unpaired) electrons. The van der Waals surface area contributed by atoms with Crippen molar-refractivity contribution in [3.63, 3.8) is 0 Å². The molecule has 6 nitrogen and oxygen atoms in total. The van der Waals surface area contributed by atoms with Crippen molar-refractivity contribution in [2.24, 2.45) is 0 Å². The molecule has 29 heavy (non-hydrogen) atoms. The first kappa shape index (κ1) is 20.3. The van der Waals surface area contributed by atoms with Crippen LogP contribution in [-0.4, -0.2) is 24.6 Å². The number of nitrogens with zero attached hydrogens (tertiary/aromatic N) is 1. The Balaban J connectivity index is 1.71. The average molecular weight is 394 g/mol. The molecule has 0 bridgehead atoms. The minimum Gasteiger partial charge on any atom is -0.493 e. The van der Waals surface area contributed by atoms with E-state index in [9.17, 15) is 4.79 Å². The third-order valence-corrected chi connectivity index (χ3v) is 4.38. The molecule has 0 aliphatic carbocycles. The summed E-state index contributed by atoms with van der Waals surface area (Å²) in [5.74, 6) is 2.02. The van der Waals surface area contributed by atoms with Gasteiger partial charge in [0.05, 0.1) is 19.9 Å². The van der Waals surface area contributed by atoms with Crippen LogP contribution in [0.15, 0.2) is 71.3 Å². The van der Waals surface area contributed by atoms with Crippen molar-refractivity contribution in [2.75, 3.05) is 13.7 Å². The first-order valence-electron chi connectivity index (χ1n) is 9.58. The van der Waals surface area contributed by atoms with Gasteiger partial charge in [-0.05, 0) is 42.3 Å². The lowest BCUT2D eigenvalue weighted by molar-refractivity contribution is 0.188. The summed E-state index contributed by atoms with van der Waals surface area (Å²) in [5.41, 5.74) is 2.02. The van der Waals surface area contributed by atoms with E-state index in [0.717, 1.165) is 16.9 Å². The average Bonchev–Trinajstić information content (AvgIpc) is 3.26. The second-order valence-electron chi connectivity index (χ2n) is 6.53. The number of benzene rings is 2. The third-order valence-electron chi connectivity index (χ3n) is 4.38. The summed E-state index contributed by atoms with van der Waals surface area (Å²) < 4.78 is 16.8. The molecular weight excluding hydrogens is 368 g/mol. The molecule has 3 aromatic rings. The van der Waals surface area contributed by atoms with Crippen LogP contribution in [0.4, 0.5) is 4.79 Å². The lowest BCUT2D eigenvalue weighted by atomic mass is 10.2. The molecule has 6 heteroatoms. The fraction of sp³-hybridized carbons (Fsp3) is 0.261. The van der Waals surface area contributed by atoms with E-state index in [4.69, 9.17) is 13.9 Å². The summed E-state index contributed by atoms with van der Waals surface area (Å²) in [6, 6.07) is 19.2. The van der Waals surface area contributed by atoms with Gasteiger partial charge in [0.25, 0.3) is 0 Å². The number of hydrogen-bond acceptors (Lipinski definition) is 4. The summed E-state index contributed by atoms with van der Waals surface area (Å²) in [7, 11) is 1.61. The maximum atomic E-state index is 12.5. The molecule has 2 amide bonds. The van der Waals surface area contributed by atoms with E-state index >= 15 is 0 Å². The third kappa shape index (κ3) is 5.78. The smallest absolute Gasteiger partial charge is 0.318 e. The summed E-state index contributed by atoms with van der Waals surface area (Å²) >= 11 is 0. The van der Waals surface area contributed by atoms with Crippen molar-refractivity contribution >= 4 is 6.03 Å². The fourth-order valence-electron chi connectivity index (χ4n) is 2.94. The van der Waals surface area contributed by atoms with E-state index in [1.54, 1.807) is 18.3 Å². The van der Waals surface area contributed by atoms with E-state index in [-0.39, 0.29) is 6.03 Å². The maximum Gasteiger partial charge on any atom is 0.318 e. The Bertz CT molecular complexity index is 895. The zero-order chi connectivity index (χ0) is 20.5. The van der Waals surface area contributed by atoms with Crippen LogP contribution < -0.4 is 14.8 Å². The highest BCUT2D eigenvalue weighted by molar-refractivity contribution is 5.74. The quantitative estimate of drug-likeness (QED) is 0.576. The highest BCUT2D eigenvalue weighted by atomic mass is 16.5. The molecule has 1 N–H and O–H groups in total. The molecule has 0 spiro atoms. The largest absolute Gasteiger partial charge is 0.493 e. The number of rotatable bonds is 9. The monoisotopic (exact) mass is 394 g/mol. The lowest BCUT2D eigenvalue weighted by Crippen LogP contribution is -2.38. The van der Waals surface area contributed by atoms with Crippen LogP contribution in [0.1, 0.15) is 23.8 Å². The van der Waals surface area contributed by atoms with Crippen LogP contribution in [0.2, 0.25) is 0 Å². The topological polar surface area (TPSA) is 63.9 Å². The molecule has 1 heterocycles. The number of hydrogen-bond donors (Lipinski definition) is 1. The molecule has 0 aliphatic heterocycles. The van der Waals surface area contributed by atoms with Gasteiger partial charge in [-0.25, -0.2) is 4.79 Å². The molecule has 152 valence electrons. The molecule has 1 aromatic heterocycles. The molecule has 0 saturated carbocycles. The van der Waals surface area contributed by atoms with Crippen molar-refractivity contribution in [3.05, 3.63) is 83.8 Å². The standard InChI is InChI=1S/C23H26N2O4/c1-3-24-23(26)25(16-20-10-7-13-28-20)15-19-11-12-21(22(14-19)27-2)29-17-18-8-5-4-6-9-18/h4-14H,3,15-17H2,1-2H3,(H,24,26). The minimum atomic E-state index is -0.146. The van der Waals surface area contributed by atoms with Gasteiger partial charge in [-0.2, -0.15) is 0 Å². The minimum absolute atomic E-state index is 0.146. The number of carbonyl (C=O) groups excluding carboxylic acids is 1. The summed E-state index contributed by atoms with van der Waals surface area (Å²) in [6.45, 7) is 3.71. The highest BCUT2D eigenvalue weighted by Crippen LogP contribution is 2.29. The van der Waals surface area contributed by atoms with Crippen LogP contribution >= 0.6 is 0 Å². The second kappa shape index (κ2) is 10.2. The van der Waals surface area contributed by atoms with E-state index in [1.807, 2.05) is 67.6 Å². The van der Waals surface area contributed by atoms with Crippen LogP contribution in [0.5, 0.6) is 11.5 Å². The molecular formula is C23H26N2O4. The molecule has 0 saturated heterocycles. The Morgan fingerprint density at radius 3 is 2.52 bits per heavy atom. The summed E-state index contributed by atoms with van der Waals surface area (Å²) in [4.78, 5) is 14.2. The normalized spacial score (nSPS) is 10.4. The Hall–Kier alpha value is -3.41. The molecule has 0 atom stereocenters. The van der Waals surface area contributed by atoms with Crippen LogP contribution in [0, 0.1) is 0 Å². The first-order valence-corrected chi connectivity index (χ1v) is 9.58. The van der Waals surface area contributed by atoms with Crippen molar-refractivity contribution in [3.8, 4) is 11.5 Å². The van der Waals surface area contributed by atoms with E-state index < -0.39 is 0 Å². The van der Waals surface area contributed by atoms with Crippen LogP contribution in [0.25, 0.3) is 0 Å². The van der Waals surface area contributed by atoms with Crippen molar-refractivity contribution in [1.82, 2.24) is 10.2 Å². The van der Waals surface area contributed by atoms with E-state index in [0.29, 0.717) is 37.7 Å². The van der Waals surface area contributed by atoms with Gasteiger partial charge in [-0.1, -0.05) is 36.4 Å². The zero-order valence-corrected chi connectivity index (χ0v) is 16.8. The predicted octanol–water partition coefficient (Wildman–Crippen LogP) is 4.60. The predicted molar refractivity (Wildman–Crippen MR) is 111 cm³/mol. The number of methoxy groups -OCH3 is 1. The molecule has 2 aromatic carbocycles.